The molecule has 4 rings (SSSR count). The minimum Gasteiger partial charge on any atom is -0.456 e. The standard InChI is InChI=1S/C24H16N2O/c25-13-4-7-18(12-14-26)20-9-11-22-21-10-8-19(17-5-2-1-3-6-17)15-23(21)27-24(22)16-20/h1-12,14-16,26H/b7-4+,18-12+,26-14?. The van der Waals surface area contributed by atoms with Crippen molar-refractivity contribution < 1.29 is 4.42 Å². The fourth-order valence-electron chi connectivity index (χ4n) is 3.23. The summed E-state index contributed by atoms with van der Waals surface area (Å²) in [5.41, 5.74) is 5.59. The van der Waals surface area contributed by atoms with Crippen molar-refractivity contribution in [1.29, 1.82) is 10.7 Å². The van der Waals surface area contributed by atoms with Crippen LogP contribution in [0.3, 0.4) is 0 Å². The number of nitrogens with zero attached hydrogens (tertiary/aromatic N) is 1. The average Bonchev–Trinajstić information content (AvgIpc) is 3.08. The summed E-state index contributed by atoms with van der Waals surface area (Å²) in [6.45, 7) is 0. The molecule has 3 nitrogen and oxygen atoms in total. The van der Waals surface area contributed by atoms with E-state index in [1.807, 2.05) is 42.5 Å². The van der Waals surface area contributed by atoms with E-state index in [2.05, 4.69) is 30.3 Å². The van der Waals surface area contributed by atoms with Crippen LogP contribution in [0.4, 0.5) is 0 Å². The topological polar surface area (TPSA) is 60.8 Å². The Morgan fingerprint density at radius 1 is 0.889 bits per heavy atom. The zero-order chi connectivity index (χ0) is 18.6. The number of hydrogen-bond donors (Lipinski definition) is 1. The molecule has 27 heavy (non-hydrogen) atoms. The van der Waals surface area contributed by atoms with Crippen molar-refractivity contribution in [3.8, 4) is 17.2 Å². The van der Waals surface area contributed by atoms with Gasteiger partial charge in [0.25, 0.3) is 0 Å². The Kier molecular flexibility index (Phi) is 4.38. The molecule has 0 saturated heterocycles. The highest BCUT2D eigenvalue weighted by atomic mass is 16.3. The summed E-state index contributed by atoms with van der Waals surface area (Å²) in [5.74, 6) is 0. The first kappa shape index (κ1) is 16.6. The molecule has 4 aromatic rings. The van der Waals surface area contributed by atoms with Crippen LogP contribution in [-0.4, -0.2) is 6.21 Å². The molecule has 0 unspecified atom stereocenters. The van der Waals surface area contributed by atoms with Gasteiger partial charge in [0.05, 0.1) is 6.07 Å². The Morgan fingerprint density at radius 3 is 2.37 bits per heavy atom. The van der Waals surface area contributed by atoms with Crippen LogP contribution in [0.5, 0.6) is 0 Å². The average molecular weight is 348 g/mol. The molecule has 0 atom stereocenters. The lowest BCUT2D eigenvalue weighted by Crippen LogP contribution is -1.81. The zero-order valence-electron chi connectivity index (χ0n) is 14.5. The van der Waals surface area contributed by atoms with Gasteiger partial charge in [0, 0.05) is 23.1 Å². The third kappa shape index (κ3) is 3.17. The molecule has 0 aliphatic carbocycles. The molecular weight excluding hydrogens is 332 g/mol. The van der Waals surface area contributed by atoms with Crippen LogP contribution < -0.4 is 0 Å². The van der Waals surface area contributed by atoms with Crippen LogP contribution in [0, 0.1) is 16.7 Å². The highest BCUT2D eigenvalue weighted by Gasteiger charge is 2.10. The van der Waals surface area contributed by atoms with Gasteiger partial charge in [-0.3, -0.25) is 0 Å². The van der Waals surface area contributed by atoms with Gasteiger partial charge in [-0.1, -0.05) is 42.5 Å². The van der Waals surface area contributed by atoms with Gasteiger partial charge in [-0.05, 0) is 58.7 Å². The number of fused-ring (bicyclic) bond motifs is 3. The van der Waals surface area contributed by atoms with Crippen molar-refractivity contribution in [2.45, 2.75) is 0 Å². The van der Waals surface area contributed by atoms with Gasteiger partial charge in [-0.15, -0.1) is 0 Å². The summed E-state index contributed by atoms with van der Waals surface area (Å²) in [4.78, 5) is 0. The predicted molar refractivity (Wildman–Crippen MR) is 111 cm³/mol. The molecule has 1 heterocycles. The highest BCUT2D eigenvalue weighted by Crippen LogP contribution is 2.33. The molecule has 3 aromatic carbocycles. The van der Waals surface area contributed by atoms with E-state index in [9.17, 15) is 0 Å². The predicted octanol–water partition coefficient (Wildman–Crippen LogP) is 6.37. The number of nitriles is 1. The lowest BCUT2D eigenvalue weighted by molar-refractivity contribution is 0.669. The summed E-state index contributed by atoms with van der Waals surface area (Å²) in [6.07, 6.45) is 5.98. The number of rotatable bonds is 4. The fourth-order valence-corrected chi connectivity index (χ4v) is 3.23. The van der Waals surface area contributed by atoms with E-state index in [1.165, 1.54) is 12.3 Å². The Morgan fingerprint density at radius 2 is 1.63 bits per heavy atom. The number of furan rings is 1. The van der Waals surface area contributed by atoms with Gasteiger partial charge in [0.2, 0.25) is 0 Å². The molecule has 1 N–H and O–H groups in total. The molecule has 0 saturated carbocycles. The van der Waals surface area contributed by atoms with Crippen molar-refractivity contribution in [2.24, 2.45) is 0 Å². The molecule has 0 radical (unpaired) electrons. The first-order valence-corrected chi connectivity index (χ1v) is 8.59. The fraction of sp³-hybridized carbons (Fsp3) is 0. The Bertz CT molecular complexity index is 1240. The summed E-state index contributed by atoms with van der Waals surface area (Å²) in [5, 5.41) is 18.2. The highest BCUT2D eigenvalue weighted by molar-refractivity contribution is 6.07. The van der Waals surface area contributed by atoms with Crippen LogP contribution in [0.15, 0.2) is 89.4 Å². The minimum atomic E-state index is 0.786. The first-order valence-electron chi connectivity index (χ1n) is 8.59. The van der Waals surface area contributed by atoms with E-state index in [1.54, 1.807) is 12.2 Å². The normalized spacial score (nSPS) is 11.9. The monoisotopic (exact) mass is 348 g/mol. The number of nitrogens with one attached hydrogen (secondary N) is 1. The molecule has 0 aliphatic rings. The van der Waals surface area contributed by atoms with E-state index in [-0.39, 0.29) is 0 Å². The van der Waals surface area contributed by atoms with Gasteiger partial charge < -0.3 is 9.83 Å². The van der Waals surface area contributed by atoms with Gasteiger partial charge >= 0.3 is 0 Å². The summed E-state index contributed by atoms with van der Waals surface area (Å²) < 4.78 is 6.11. The number of hydrogen-bond acceptors (Lipinski definition) is 3. The van der Waals surface area contributed by atoms with Gasteiger partial charge in [0.15, 0.2) is 0 Å². The molecule has 1 aromatic heterocycles. The second kappa shape index (κ2) is 7.15. The zero-order valence-corrected chi connectivity index (χ0v) is 14.5. The largest absolute Gasteiger partial charge is 0.456 e. The van der Waals surface area contributed by atoms with E-state index in [0.717, 1.165) is 44.2 Å². The maximum absolute atomic E-state index is 8.78. The van der Waals surface area contributed by atoms with Crippen LogP contribution in [0.25, 0.3) is 38.6 Å². The second-order valence-corrected chi connectivity index (χ2v) is 6.14. The van der Waals surface area contributed by atoms with Crippen molar-refractivity contribution in [1.82, 2.24) is 0 Å². The molecule has 0 spiro atoms. The smallest absolute Gasteiger partial charge is 0.136 e. The minimum absolute atomic E-state index is 0.786. The lowest BCUT2D eigenvalue weighted by Gasteiger charge is -2.01. The SMILES string of the molecule is N#C/C=C/C(=C\C=N)c1ccc2c(c1)oc1cc(-c3ccccc3)ccc12. The Balaban J connectivity index is 1.84. The Hall–Kier alpha value is -3.90. The molecule has 0 bridgehead atoms. The van der Waals surface area contributed by atoms with E-state index < -0.39 is 0 Å². The molecule has 3 heteroatoms. The van der Waals surface area contributed by atoms with E-state index >= 15 is 0 Å². The van der Waals surface area contributed by atoms with Crippen LogP contribution in [0.2, 0.25) is 0 Å². The van der Waals surface area contributed by atoms with Crippen molar-refractivity contribution in [2.75, 3.05) is 0 Å². The van der Waals surface area contributed by atoms with Crippen molar-refractivity contribution in [3.63, 3.8) is 0 Å². The van der Waals surface area contributed by atoms with Gasteiger partial charge in [-0.25, -0.2) is 0 Å². The van der Waals surface area contributed by atoms with Crippen molar-refractivity contribution >= 4 is 33.7 Å². The molecule has 128 valence electrons. The number of benzene rings is 3. The van der Waals surface area contributed by atoms with Crippen LogP contribution in [0.1, 0.15) is 5.56 Å². The summed E-state index contributed by atoms with van der Waals surface area (Å²) in [6, 6.07) is 24.4. The summed E-state index contributed by atoms with van der Waals surface area (Å²) in [7, 11) is 0. The van der Waals surface area contributed by atoms with Crippen LogP contribution in [-0.2, 0) is 0 Å². The number of allylic oxidation sites excluding steroid dienone is 4. The summed E-state index contributed by atoms with van der Waals surface area (Å²) >= 11 is 0. The third-order valence-corrected chi connectivity index (χ3v) is 4.51. The third-order valence-electron chi connectivity index (χ3n) is 4.51. The van der Waals surface area contributed by atoms with Gasteiger partial charge in [0.1, 0.15) is 11.2 Å². The quantitative estimate of drug-likeness (QED) is 0.265. The van der Waals surface area contributed by atoms with E-state index in [4.69, 9.17) is 15.1 Å². The first-order chi connectivity index (χ1) is 13.3. The van der Waals surface area contributed by atoms with E-state index in [0.29, 0.717) is 0 Å². The van der Waals surface area contributed by atoms with Crippen LogP contribution >= 0.6 is 0 Å². The maximum Gasteiger partial charge on any atom is 0.136 e. The molecule has 0 amide bonds. The Labute approximate surface area is 157 Å². The maximum atomic E-state index is 8.78. The second-order valence-electron chi connectivity index (χ2n) is 6.14. The lowest BCUT2D eigenvalue weighted by atomic mass is 10.0. The molecular formula is C24H16N2O. The molecule has 0 fully saturated rings. The van der Waals surface area contributed by atoms with Gasteiger partial charge in [-0.2, -0.15) is 5.26 Å². The molecule has 0 aliphatic heterocycles. The van der Waals surface area contributed by atoms with Crippen molar-refractivity contribution in [3.05, 3.63) is 90.5 Å².